The minimum absolute atomic E-state index is 0.0458. The zero-order valence-electron chi connectivity index (χ0n) is 10.4. The van der Waals surface area contributed by atoms with Crippen LogP contribution in [0.25, 0.3) is 0 Å². The van der Waals surface area contributed by atoms with Gasteiger partial charge in [-0.1, -0.05) is 0 Å². The molecular weight excluding hydrogens is 314 g/mol. The number of piperazine rings is 1. The van der Waals surface area contributed by atoms with Crippen LogP contribution < -0.4 is 10.6 Å². The average molecular weight is 332 g/mol. The lowest BCUT2D eigenvalue weighted by Gasteiger charge is -2.31. The fourth-order valence-corrected chi connectivity index (χ4v) is 3.43. The fraction of sp³-hybridized carbons (Fsp3) is 0.583. The van der Waals surface area contributed by atoms with Crippen LogP contribution in [0.1, 0.15) is 11.8 Å². The minimum atomic E-state index is -0.0458. The van der Waals surface area contributed by atoms with E-state index in [1.165, 1.54) is 4.88 Å². The van der Waals surface area contributed by atoms with Crippen LogP contribution in [0.2, 0.25) is 0 Å². The van der Waals surface area contributed by atoms with Gasteiger partial charge in [0.2, 0.25) is 5.91 Å². The predicted octanol–water partition coefficient (Wildman–Crippen LogP) is 1.42. The Labute approximate surface area is 120 Å². The molecule has 0 aromatic carbocycles. The first-order chi connectivity index (χ1) is 8.66. The molecule has 2 rings (SSSR count). The van der Waals surface area contributed by atoms with E-state index in [4.69, 9.17) is 0 Å². The topological polar surface area (TPSA) is 44.4 Å². The van der Waals surface area contributed by atoms with Crippen molar-refractivity contribution >= 4 is 33.2 Å². The van der Waals surface area contributed by atoms with E-state index in [1.54, 1.807) is 11.3 Å². The molecule has 1 saturated heterocycles. The molecule has 0 radical (unpaired) electrons. The van der Waals surface area contributed by atoms with E-state index >= 15 is 0 Å². The molecule has 0 bridgehead atoms. The Hall–Kier alpha value is -0.430. The number of amides is 1. The Morgan fingerprint density at radius 2 is 2.28 bits per heavy atom. The Morgan fingerprint density at radius 1 is 1.56 bits per heavy atom. The smallest absolute Gasteiger partial charge is 0.237 e. The first kappa shape index (κ1) is 14.0. The van der Waals surface area contributed by atoms with E-state index in [0.717, 1.165) is 30.0 Å². The van der Waals surface area contributed by atoms with Crippen molar-refractivity contribution in [2.24, 2.45) is 0 Å². The second-order valence-corrected chi connectivity index (χ2v) is 6.93. The SMILES string of the molecule is CC(C(=O)NCc1ccc(Br)s1)N1CCNCC1. The quantitative estimate of drug-likeness (QED) is 0.877. The highest BCUT2D eigenvalue weighted by atomic mass is 79.9. The van der Waals surface area contributed by atoms with Gasteiger partial charge in [0.15, 0.2) is 0 Å². The summed E-state index contributed by atoms with van der Waals surface area (Å²) >= 11 is 5.08. The van der Waals surface area contributed by atoms with Crippen LogP contribution in [0, 0.1) is 0 Å². The molecule has 1 aliphatic rings. The summed E-state index contributed by atoms with van der Waals surface area (Å²) in [5.41, 5.74) is 0. The van der Waals surface area contributed by atoms with Gasteiger partial charge in [-0.05, 0) is 35.0 Å². The van der Waals surface area contributed by atoms with Crippen LogP contribution in [-0.4, -0.2) is 43.0 Å². The molecule has 4 nitrogen and oxygen atoms in total. The number of hydrogen-bond acceptors (Lipinski definition) is 4. The van der Waals surface area contributed by atoms with Gasteiger partial charge < -0.3 is 10.6 Å². The van der Waals surface area contributed by atoms with Crippen molar-refractivity contribution in [2.75, 3.05) is 26.2 Å². The number of nitrogens with one attached hydrogen (secondary N) is 2. The van der Waals surface area contributed by atoms with Gasteiger partial charge in [0.1, 0.15) is 0 Å². The number of carbonyl (C=O) groups excluding carboxylic acids is 1. The maximum absolute atomic E-state index is 12.0. The number of nitrogens with zero attached hydrogens (tertiary/aromatic N) is 1. The number of hydrogen-bond donors (Lipinski definition) is 2. The van der Waals surface area contributed by atoms with Crippen molar-refractivity contribution in [1.82, 2.24) is 15.5 Å². The van der Waals surface area contributed by atoms with Crippen molar-refractivity contribution in [2.45, 2.75) is 19.5 Å². The van der Waals surface area contributed by atoms with Crippen molar-refractivity contribution in [1.29, 1.82) is 0 Å². The zero-order valence-corrected chi connectivity index (χ0v) is 12.8. The van der Waals surface area contributed by atoms with Crippen molar-refractivity contribution in [3.05, 3.63) is 20.8 Å². The van der Waals surface area contributed by atoms with E-state index in [9.17, 15) is 4.79 Å². The Bertz CT molecular complexity index is 404. The number of carbonyl (C=O) groups is 1. The molecule has 0 spiro atoms. The second-order valence-electron chi connectivity index (χ2n) is 4.39. The molecule has 1 unspecified atom stereocenters. The first-order valence-corrected chi connectivity index (χ1v) is 7.74. The van der Waals surface area contributed by atoms with Gasteiger partial charge in [0.25, 0.3) is 0 Å². The highest BCUT2D eigenvalue weighted by Crippen LogP contribution is 2.21. The Balaban J connectivity index is 1.79. The van der Waals surface area contributed by atoms with E-state index < -0.39 is 0 Å². The number of halogens is 1. The lowest BCUT2D eigenvalue weighted by molar-refractivity contribution is -0.126. The van der Waals surface area contributed by atoms with E-state index in [-0.39, 0.29) is 11.9 Å². The summed E-state index contributed by atoms with van der Waals surface area (Å²) < 4.78 is 1.10. The molecule has 0 saturated carbocycles. The summed E-state index contributed by atoms with van der Waals surface area (Å²) in [6, 6.07) is 3.99. The summed E-state index contributed by atoms with van der Waals surface area (Å²) in [5.74, 6) is 0.112. The molecule has 1 atom stereocenters. The van der Waals surface area contributed by atoms with Gasteiger partial charge in [0.05, 0.1) is 16.4 Å². The molecular formula is C12H18BrN3OS. The fourth-order valence-electron chi connectivity index (χ4n) is 2.00. The van der Waals surface area contributed by atoms with Crippen molar-refractivity contribution in [3.63, 3.8) is 0 Å². The van der Waals surface area contributed by atoms with Crippen LogP contribution >= 0.6 is 27.3 Å². The van der Waals surface area contributed by atoms with Gasteiger partial charge >= 0.3 is 0 Å². The van der Waals surface area contributed by atoms with Crippen LogP contribution in [0.3, 0.4) is 0 Å². The Kier molecular flexibility index (Phi) is 5.17. The van der Waals surface area contributed by atoms with Crippen molar-refractivity contribution in [3.8, 4) is 0 Å². The van der Waals surface area contributed by atoms with E-state index in [1.807, 2.05) is 19.1 Å². The third-order valence-corrected chi connectivity index (χ3v) is 4.77. The highest BCUT2D eigenvalue weighted by Gasteiger charge is 2.22. The zero-order chi connectivity index (χ0) is 13.0. The maximum atomic E-state index is 12.0. The predicted molar refractivity (Wildman–Crippen MR) is 77.8 cm³/mol. The molecule has 6 heteroatoms. The van der Waals surface area contributed by atoms with Gasteiger partial charge in [-0.25, -0.2) is 0 Å². The largest absolute Gasteiger partial charge is 0.350 e. The van der Waals surface area contributed by atoms with Gasteiger partial charge in [0, 0.05) is 31.1 Å². The van der Waals surface area contributed by atoms with Crippen LogP contribution in [-0.2, 0) is 11.3 Å². The third kappa shape index (κ3) is 3.78. The van der Waals surface area contributed by atoms with E-state index in [2.05, 4.69) is 31.5 Å². The second kappa shape index (κ2) is 6.65. The van der Waals surface area contributed by atoms with Crippen molar-refractivity contribution < 1.29 is 4.79 Å². The summed E-state index contributed by atoms with van der Waals surface area (Å²) in [4.78, 5) is 15.4. The Morgan fingerprint density at radius 3 is 2.89 bits per heavy atom. The average Bonchev–Trinajstić information content (AvgIpc) is 2.82. The molecule has 2 heterocycles. The molecule has 18 heavy (non-hydrogen) atoms. The van der Waals surface area contributed by atoms with Crippen LogP contribution in [0.4, 0.5) is 0 Å². The minimum Gasteiger partial charge on any atom is -0.350 e. The molecule has 0 aliphatic carbocycles. The summed E-state index contributed by atoms with van der Waals surface area (Å²) in [6.45, 7) is 6.42. The van der Waals surface area contributed by atoms with Gasteiger partial charge in [-0.2, -0.15) is 0 Å². The number of thiophene rings is 1. The molecule has 1 aromatic heterocycles. The third-order valence-electron chi connectivity index (χ3n) is 3.14. The summed E-state index contributed by atoms with van der Waals surface area (Å²) in [6.07, 6.45) is 0. The molecule has 1 aliphatic heterocycles. The molecule has 1 amide bonds. The lowest BCUT2D eigenvalue weighted by Crippen LogP contribution is -2.52. The molecule has 1 fully saturated rings. The highest BCUT2D eigenvalue weighted by molar-refractivity contribution is 9.11. The standard InChI is InChI=1S/C12H18BrN3OS/c1-9(16-6-4-14-5-7-16)12(17)15-8-10-2-3-11(13)18-10/h2-3,9,14H,4-8H2,1H3,(H,15,17). The number of rotatable bonds is 4. The summed E-state index contributed by atoms with van der Waals surface area (Å²) in [5, 5.41) is 6.29. The van der Waals surface area contributed by atoms with Gasteiger partial charge in [-0.3, -0.25) is 9.69 Å². The molecule has 1 aromatic rings. The van der Waals surface area contributed by atoms with E-state index in [0.29, 0.717) is 6.54 Å². The molecule has 2 N–H and O–H groups in total. The van der Waals surface area contributed by atoms with Crippen LogP contribution in [0.15, 0.2) is 15.9 Å². The monoisotopic (exact) mass is 331 g/mol. The molecule has 100 valence electrons. The first-order valence-electron chi connectivity index (χ1n) is 6.13. The van der Waals surface area contributed by atoms with Crippen LogP contribution in [0.5, 0.6) is 0 Å². The summed E-state index contributed by atoms with van der Waals surface area (Å²) in [7, 11) is 0. The normalized spacial score (nSPS) is 18.6. The lowest BCUT2D eigenvalue weighted by atomic mass is 10.2. The maximum Gasteiger partial charge on any atom is 0.237 e. The van der Waals surface area contributed by atoms with Gasteiger partial charge in [-0.15, -0.1) is 11.3 Å².